The van der Waals surface area contributed by atoms with Crippen LogP contribution in [-0.2, 0) is 0 Å². The molecule has 2 aromatic rings. The van der Waals surface area contributed by atoms with Crippen molar-refractivity contribution in [1.82, 2.24) is 0 Å². The van der Waals surface area contributed by atoms with Gasteiger partial charge in [0.2, 0.25) is 0 Å². The predicted molar refractivity (Wildman–Crippen MR) is 86.6 cm³/mol. The molecule has 2 N–H and O–H groups in total. The summed E-state index contributed by atoms with van der Waals surface area (Å²) in [6, 6.07) is 8.30. The Morgan fingerprint density at radius 3 is 2.50 bits per heavy atom. The zero-order valence-corrected chi connectivity index (χ0v) is 13.5. The van der Waals surface area contributed by atoms with Crippen LogP contribution in [0, 0.1) is 20.8 Å². The van der Waals surface area contributed by atoms with Gasteiger partial charge in [-0.2, -0.15) is 0 Å². The van der Waals surface area contributed by atoms with Crippen molar-refractivity contribution in [3.8, 4) is 5.75 Å². The van der Waals surface area contributed by atoms with E-state index in [0.29, 0.717) is 0 Å². The molecule has 2 nitrogen and oxygen atoms in total. The number of hydrogen-bond donors (Lipinski definition) is 1. The number of benzene rings is 1. The van der Waals surface area contributed by atoms with Crippen LogP contribution in [0.4, 0.5) is 0 Å². The highest BCUT2D eigenvalue weighted by atomic mass is 32.1. The molecule has 0 saturated heterocycles. The van der Waals surface area contributed by atoms with Crippen LogP contribution in [-0.4, -0.2) is 6.04 Å². The fraction of sp³-hybridized carbons (Fsp3) is 0.412. The number of hydrogen-bond acceptors (Lipinski definition) is 3. The highest BCUT2D eigenvalue weighted by Crippen LogP contribution is 2.33. The lowest BCUT2D eigenvalue weighted by atomic mass is 10.0. The Labute approximate surface area is 125 Å². The minimum atomic E-state index is -0.0690. The first-order valence-corrected chi connectivity index (χ1v) is 7.95. The Bertz CT molecular complexity index is 576. The van der Waals surface area contributed by atoms with Crippen LogP contribution in [0.5, 0.6) is 5.75 Å². The van der Waals surface area contributed by atoms with Crippen LogP contribution in [0.1, 0.15) is 41.0 Å². The normalized spacial score (nSPS) is 14.1. The molecule has 20 heavy (non-hydrogen) atoms. The van der Waals surface area contributed by atoms with E-state index >= 15 is 0 Å². The average Bonchev–Trinajstić information content (AvgIpc) is 2.86. The van der Waals surface area contributed by atoms with Crippen molar-refractivity contribution < 1.29 is 4.74 Å². The van der Waals surface area contributed by atoms with Gasteiger partial charge in [0, 0.05) is 10.9 Å². The summed E-state index contributed by atoms with van der Waals surface area (Å²) in [4.78, 5) is 1.24. The maximum atomic E-state index is 6.29. The number of aryl methyl sites for hydroxylation is 2. The van der Waals surface area contributed by atoms with Crippen LogP contribution < -0.4 is 10.5 Å². The van der Waals surface area contributed by atoms with Crippen LogP contribution >= 0.6 is 11.3 Å². The summed E-state index contributed by atoms with van der Waals surface area (Å²) < 4.78 is 6.29. The van der Waals surface area contributed by atoms with E-state index in [2.05, 4.69) is 45.2 Å². The van der Waals surface area contributed by atoms with Gasteiger partial charge in [-0.25, -0.2) is 0 Å². The molecule has 1 aromatic carbocycles. The molecule has 0 fully saturated rings. The molecular formula is C17H23NOS. The molecule has 1 aromatic heterocycles. The van der Waals surface area contributed by atoms with Gasteiger partial charge < -0.3 is 10.5 Å². The number of ether oxygens (including phenoxy) is 1. The van der Waals surface area contributed by atoms with Crippen LogP contribution in [0.25, 0.3) is 0 Å². The van der Waals surface area contributed by atoms with E-state index in [1.807, 2.05) is 12.1 Å². The maximum absolute atomic E-state index is 6.29. The van der Waals surface area contributed by atoms with E-state index in [1.165, 1.54) is 21.6 Å². The molecule has 2 atom stereocenters. The van der Waals surface area contributed by atoms with E-state index in [4.69, 9.17) is 10.5 Å². The molecule has 108 valence electrons. The van der Waals surface area contributed by atoms with Gasteiger partial charge in [-0.15, -0.1) is 11.3 Å². The Hall–Kier alpha value is -1.32. The van der Waals surface area contributed by atoms with Crippen molar-refractivity contribution in [3.05, 3.63) is 51.2 Å². The number of rotatable bonds is 5. The summed E-state index contributed by atoms with van der Waals surface area (Å²) in [5.41, 5.74) is 9.99. The predicted octanol–water partition coefficient (Wildman–Crippen LogP) is 4.53. The third-order valence-electron chi connectivity index (χ3n) is 3.83. The molecule has 0 amide bonds. The maximum Gasteiger partial charge on any atom is 0.148 e. The third kappa shape index (κ3) is 3.05. The summed E-state index contributed by atoms with van der Waals surface area (Å²) >= 11 is 1.73. The standard InChI is InChI=1S/C17H23NOS/c1-5-14(18)16(17-12(3)9-10-20-17)19-15-8-6-7-11(2)13(15)4/h6-10,14,16H,5,18H2,1-4H3. The molecule has 2 unspecified atom stereocenters. The Balaban J connectivity index is 2.34. The molecule has 0 saturated carbocycles. The van der Waals surface area contributed by atoms with Gasteiger partial charge in [-0.3, -0.25) is 0 Å². The van der Waals surface area contributed by atoms with E-state index in [9.17, 15) is 0 Å². The topological polar surface area (TPSA) is 35.2 Å². The molecule has 0 aliphatic carbocycles. The summed E-state index contributed by atoms with van der Waals surface area (Å²) in [5.74, 6) is 0.937. The van der Waals surface area contributed by atoms with Crippen molar-refractivity contribution >= 4 is 11.3 Å². The van der Waals surface area contributed by atoms with Crippen LogP contribution in [0.15, 0.2) is 29.6 Å². The average molecular weight is 289 g/mol. The monoisotopic (exact) mass is 289 g/mol. The van der Waals surface area contributed by atoms with Gasteiger partial charge >= 0.3 is 0 Å². The first kappa shape index (κ1) is 15.1. The van der Waals surface area contributed by atoms with Gasteiger partial charge in [0.05, 0.1) is 0 Å². The molecule has 0 aliphatic rings. The summed E-state index contributed by atoms with van der Waals surface area (Å²) in [6.45, 7) is 8.43. The SMILES string of the molecule is CCC(N)C(Oc1cccc(C)c1C)c1sccc1C. The fourth-order valence-electron chi connectivity index (χ4n) is 2.21. The zero-order chi connectivity index (χ0) is 14.7. The van der Waals surface area contributed by atoms with Crippen molar-refractivity contribution in [3.63, 3.8) is 0 Å². The lowest BCUT2D eigenvalue weighted by Gasteiger charge is -2.25. The van der Waals surface area contributed by atoms with E-state index in [-0.39, 0.29) is 12.1 Å². The van der Waals surface area contributed by atoms with E-state index in [1.54, 1.807) is 11.3 Å². The molecule has 3 heteroatoms. The molecule has 1 heterocycles. The van der Waals surface area contributed by atoms with Crippen LogP contribution in [0.3, 0.4) is 0 Å². The number of thiophene rings is 1. The third-order valence-corrected chi connectivity index (χ3v) is 4.91. The smallest absolute Gasteiger partial charge is 0.148 e. The Morgan fingerprint density at radius 2 is 1.90 bits per heavy atom. The lowest BCUT2D eigenvalue weighted by Crippen LogP contribution is -2.31. The summed E-state index contributed by atoms with van der Waals surface area (Å²) in [6.07, 6.45) is 0.827. The highest BCUT2D eigenvalue weighted by Gasteiger charge is 2.24. The summed E-state index contributed by atoms with van der Waals surface area (Å²) in [7, 11) is 0. The second kappa shape index (κ2) is 6.42. The van der Waals surface area contributed by atoms with E-state index < -0.39 is 0 Å². The zero-order valence-electron chi connectivity index (χ0n) is 12.6. The second-order valence-corrected chi connectivity index (χ2v) is 6.22. The Morgan fingerprint density at radius 1 is 1.15 bits per heavy atom. The number of nitrogens with two attached hydrogens (primary N) is 1. The van der Waals surface area contributed by atoms with Crippen molar-refractivity contribution in [2.75, 3.05) is 0 Å². The first-order chi connectivity index (χ1) is 9.54. The van der Waals surface area contributed by atoms with Gasteiger partial charge in [0.25, 0.3) is 0 Å². The largest absolute Gasteiger partial charge is 0.483 e. The van der Waals surface area contributed by atoms with Gasteiger partial charge in [-0.05, 0) is 61.4 Å². The minimum Gasteiger partial charge on any atom is -0.483 e. The lowest BCUT2D eigenvalue weighted by molar-refractivity contribution is 0.173. The van der Waals surface area contributed by atoms with Crippen molar-refractivity contribution in [1.29, 1.82) is 0 Å². The van der Waals surface area contributed by atoms with Gasteiger partial charge in [0.1, 0.15) is 11.9 Å². The van der Waals surface area contributed by atoms with Crippen LogP contribution in [0.2, 0.25) is 0 Å². The second-order valence-electron chi connectivity index (χ2n) is 5.28. The molecular weight excluding hydrogens is 266 g/mol. The van der Waals surface area contributed by atoms with Crippen molar-refractivity contribution in [2.24, 2.45) is 5.73 Å². The molecule has 2 rings (SSSR count). The minimum absolute atomic E-state index is 0.00672. The molecule has 0 bridgehead atoms. The highest BCUT2D eigenvalue weighted by molar-refractivity contribution is 7.10. The fourth-order valence-corrected chi connectivity index (χ4v) is 3.24. The van der Waals surface area contributed by atoms with Crippen molar-refractivity contribution in [2.45, 2.75) is 46.3 Å². The molecule has 0 spiro atoms. The summed E-state index contributed by atoms with van der Waals surface area (Å²) in [5, 5.41) is 2.10. The quantitative estimate of drug-likeness (QED) is 0.877. The first-order valence-electron chi connectivity index (χ1n) is 7.07. The molecule has 0 radical (unpaired) electrons. The van der Waals surface area contributed by atoms with E-state index in [0.717, 1.165) is 12.2 Å². The molecule has 0 aliphatic heterocycles. The van der Waals surface area contributed by atoms with Gasteiger partial charge in [-0.1, -0.05) is 19.1 Å². The van der Waals surface area contributed by atoms with Gasteiger partial charge in [0.15, 0.2) is 0 Å². The Kier molecular flexibility index (Phi) is 4.84.